The lowest BCUT2D eigenvalue weighted by Gasteiger charge is -2.20. The number of benzene rings is 2. The summed E-state index contributed by atoms with van der Waals surface area (Å²) in [6, 6.07) is 16.9. The average Bonchev–Trinajstić information content (AvgIpc) is 3.02. The summed E-state index contributed by atoms with van der Waals surface area (Å²) in [5.74, 6) is -1.15. The first-order valence-corrected chi connectivity index (χ1v) is 8.44. The molecule has 1 unspecified atom stereocenters. The van der Waals surface area contributed by atoms with Gasteiger partial charge in [0.2, 0.25) is 0 Å². The molecule has 7 heteroatoms. The Morgan fingerprint density at radius 2 is 1.52 bits per heavy atom. The molecule has 142 valence electrons. The predicted molar refractivity (Wildman–Crippen MR) is 94.0 cm³/mol. The van der Waals surface area contributed by atoms with Gasteiger partial charge in [-0.1, -0.05) is 36.4 Å². The molecule has 27 heavy (non-hydrogen) atoms. The number of aliphatic hydroxyl groups is 1. The SMILES string of the molecule is CO[C@@H]1O[C@H](COC(=O)c2ccccc2)C(OC(=O)c2ccccc2)[C@@H]1O. The maximum Gasteiger partial charge on any atom is 0.338 e. The average molecular weight is 372 g/mol. The number of ether oxygens (including phenoxy) is 4. The summed E-state index contributed by atoms with van der Waals surface area (Å²) in [4.78, 5) is 24.4. The number of hydrogen-bond acceptors (Lipinski definition) is 7. The Morgan fingerprint density at radius 1 is 0.963 bits per heavy atom. The van der Waals surface area contributed by atoms with Gasteiger partial charge >= 0.3 is 11.9 Å². The van der Waals surface area contributed by atoms with Crippen LogP contribution in [-0.2, 0) is 18.9 Å². The zero-order valence-electron chi connectivity index (χ0n) is 14.7. The third-order valence-corrected chi connectivity index (χ3v) is 4.16. The molecule has 0 spiro atoms. The highest BCUT2D eigenvalue weighted by atomic mass is 16.7. The van der Waals surface area contributed by atoms with E-state index >= 15 is 0 Å². The Labute approximate surface area is 156 Å². The van der Waals surface area contributed by atoms with Crippen molar-refractivity contribution in [3.05, 3.63) is 71.8 Å². The van der Waals surface area contributed by atoms with Gasteiger partial charge in [0.25, 0.3) is 0 Å². The quantitative estimate of drug-likeness (QED) is 0.773. The fourth-order valence-electron chi connectivity index (χ4n) is 2.76. The molecule has 0 bridgehead atoms. The number of esters is 2. The minimum atomic E-state index is -1.21. The van der Waals surface area contributed by atoms with Gasteiger partial charge in [-0.15, -0.1) is 0 Å². The normalized spacial score (nSPS) is 24.4. The minimum Gasteiger partial charge on any atom is -0.459 e. The lowest BCUT2D eigenvalue weighted by atomic mass is 10.1. The van der Waals surface area contributed by atoms with Crippen LogP contribution < -0.4 is 0 Å². The molecule has 1 saturated heterocycles. The molecule has 1 aliphatic rings. The van der Waals surface area contributed by atoms with E-state index in [0.717, 1.165) is 0 Å². The number of methoxy groups -OCH3 is 1. The van der Waals surface area contributed by atoms with E-state index in [2.05, 4.69) is 0 Å². The van der Waals surface area contributed by atoms with Crippen molar-refractivity contribution in [1.29, 1.82) is 0 Å². The molecule has 0 amide bonds. The van der Waals surface area contributed by atoms with Gasteiger partial charge in [-0.25, -0.2) is 9.59 Å². The monoisotopic (exact) mass is 372 g/mol. The van der Waals surface area contributed by atoms with Crippen molar-refractivity contribution in [2.24, 2.45) is 0 Å². The van der Waals surface area contributed by atoms with E-state index in [0.29, 0.717) is 11.1 Å². The summed E-state index contributed by atoms with van der Waals surface area (Å²) in [5, 5.41) is 10.3. The largest absolute Gasteiger partial charge is 0.459 e. The molecule has 1 N–H and O–H groups in total. The van der Waals surface area contributed by atoms with E-state index in [1.54, 1.807) is 60.7 Å². The van der Waals surface area contributed by atoms with Crippen LogP contribution in [0.2, 0.25) is 0 Å². The number of carbonyl (C=O) groups is 2. The summed E-state index contributed by atoms with van der Waals surface area (Å²) in [5.41, 5.74) is 0.725. The van der Waals surface area contributed by atoms with Crippen molar-refractivity contribution >= 4 is 11.9 Å². The van der Waals surface area contributed by atoms with Gasteiger partial charge in [0.15, 0.2) is 12.4 Å². The van der Waals surface area contributed by atoms with Crippen LogP contribution >= 0.6 is 0 Å². The summed E-state index contributed by atoms with van der Waals surface area (Å²) in [6.45, 7) is -0.197. The van der Waals surface area contributed by atoms with Crippen LogP contribution in [0, 0.1) is 0 Å². The molecule has 7 nitrogen and oxygen atoms in total. The zero-order chi connectivity index (χ0) is 19.2. The third kappa shape index (κ3) is 4.51. The van der Waals surface area contributed by atoms with Gasteiger partial charge in [0, 0.05) is 7.11 Å². The second-order valence-electron chi connectivity index (χ2n) is 5.97. The van der Waals surface area contributed by atoms with Crippen LogP contribution in [-0.4, -0.2) is 55.4 Å². The molecule has 0 saturated carbocycles. The molecule has 1 aliphatic heterocycles. The lowest BCUT2D eigenvalue weighted by molar-refractivity contribution is -0.153. The number of rotatable bonds is 6. The highest BCUT2D eigenvalue weighted by molar-refractivity contribution is 5.90. The summed E-state index contributed by atoms with van der Waals surface area (Å²) < 4.78 is 21.2. The maximum absolute atomic E-state index is 12.3. The number of carbonyl (C=O) groups excluding carboxylic acids is 2. The van der Waals surface area contributed by atoms with Crippen LogP contribution in [0.25, 0.3) is 0 Å². The molecule has 4 atom stereocenters. The molecule has 1 heterocycles. The number of aliphatic hydroxyl groups excluding tert-OH is 1. The third-order valence-electron chi connectivity index (χ3n) is 4.16. The van der Waals surface area contributed by atoms with Crippen LogP contribution in [0.3, 0.4) is 0 Å². The van der Waals surface area contributed by atoms with Gasteiger partial charge in [-0.05, 0) is 24.3 Å². The molecule has 1 fully saturated rings. The smallest absolute Gasteiger partial charge is 0.338 e. The highest BCUT2D eigenvalue weighted by Gasteiger charge is 2.47. The Balaban J connectivity index is 1.66. The zero-order valence-corrected chi connectivity index (χ0v) is 14.7. The first-order chi connectivity index (χ1) is 13.1. The van der Waals surface area contributed by atoms with E-state index < -0.39 is 36.5 Å². The van der Waals surface area contributed by atoms with Gasteiger partial charge < -0.3 is 24.1 Å². The summed E-state index contributed by atoms with van der Waals surface area (Å²) in [6.07, 6.45) is -4.08. The van der Waals surface area contributed by atoms with Gasteiger partial charge in [0.1, 0.15) is 18.8 Å². The topological polar surface area (TPSA) is 91.3 Å². The van der Waals surface area contributed by atoms with Crippen molar-refractivity contribution in [2.75, 3.05) is 13.7 Å². The molecule has 2 aromatic carbocycles. The Hall–Kier alpha value is -2.74. The van der Waals surface area contributed by atoms with E-state index in [4.69, 9.17) is 18.9 Å². The Morgan fingerprint density at radius 3 is 2.07 bits per heavy atom. The summed E-state index contributed by atoms with van der Waals surface area (Å²) in [7, 11) is 1.36. The van der Waals surface area contributed by atoms with Gasteiger partial charge in [-0.2, -0.15) is 0 Å². The minimum absolute atomic E-state index is 0.197. The van der Waals surface area contributed by atoms with Gasteiger partial charge in [0.05, 0.1) is 11.1 Å². The number of hydrogen-bond donors (Lipinski definition) is 1. The Bertz CT molecular complexity index is 762. The van der Waals surface area contributed by atoms with E-state index in [1.165, 1.54) is 7.11 Å². The van der Waals surface area contributed by atoms with Crippen LogP contribution in [0.1, 0.15) is 20.7 Å². The van der Waals surface area contributed by atoms with Crippen molar-refractivity contribution in [1.82, 2.24) is 0 Å². The Kier molecular flexibility index (Phi) is 6.18. The highest BCUT2D eigenvalue weighted by Crippen LogP contribution is 2.26. The summed E-state index contributed by atoms with van der Waals surface area (Å²) >= 11 is 0. The van der Waals surface area contributed by atoms with E-state index in [9.17, 15) is 14.7 Å². The molecule has 3 rings (SSSR count). The van der Waals surface area contributed by atoms with Crippen LogP contribution in [0.15, 0.2) is 60.7 Å². The van der Waals surface area contributed by atoms with Crippen LogP contribution in [0.4, 0.5) is 0 Å². The predicted octanol–water partition coefficient (Wildman–Crippen LogP) is 1.80. The van der Waals surface area contributed by atoms with Crippen molar-refractivity contribution in [3.8, 4) is 0 Å². The fraction of sp³-hybridized carbons (Fsp3) is 0.300. The second-order valence-corrected chi connectivity index (χ2v) is 5.97. The van der Waals surface area contributed by atoms with E-state index in [1.807, 2.05) is 0 Å². The van der Waals surface area contributed by atoms with Crippen molar-refractivity contribution < 1.29 is 33.6 Å². The molecular weight excluding hydrogens is 352 g/mol. The maximum atomic E-state index is 12.3. The van der Waals surface area contributed by atoms with E-state index in [-0.39, 0.29) is 6.61 Å². The van der Waals surface area contributed by atoms with Crippen molar-refractivity contribution in [3.63, 3.8) is 0 Å². The molecule has 0 aliphatic carbocycles. The molecule has 0 aromatic heterocycles. The second kappa shape index (κ2) is 8.77. The molecule has 2 aromatic rings. The first-order valence-electron chi connectivity index (χ1n) is 8.44. The standard InChI is InChI=1S/C20H20O7/c1-24-20-16(21)17(27-19(23)14-10-6-3-7-11-14)15(26-20)12-25-18(22)13-8-4-2-5-9-13/h2-11,15-17,20-21H,12H2,1H3/t15-,16+,17?,20-/m1/s1. The van der Waals surface area contributed by atoms with Gasteiger partial charge in [-0.3, -0.25) is 0 Å². The van der Waals surface area contributed by atoms with Crippen molar-refractivity contribution in [2.45, 2.75) is 24.6 Å². The molecule has 0 radical (unpaired) electrons. The fourth-order valence-corrected chi connectivity index (χ4v) is 2.76. The van der Waals surface area contributed by atoms with Crippen LogP contribution in [0.5, 0.6) is 0 Å². The molecular formula is C20H20O7. The lowest BCUT2D eigenvalue weighted by Crippen LogP contribution is -2.39. The first kappa shape index (κ1) is 19.0.